The van der Waals surface area contributed by atoms with Crippen molar-refractivity contribution < 1.29 is 4.42 Å². The van der Waals surface area contributed by atoms with E-state index in [9.17, 15) is 0 Å². The van der Waals surface area contributed by atoms with E-state index >= 15 is 0 Å². The van der Waals surface area contributed by atoms with Crippen LogP contribution < -0.4 is 0 Å². The second kappa shape index (κ2) is 11.1. The van der Waals surface area contributed by atoms with Crippen LogP contribution in [0.1, 0.15) is 25.0 Å². The summed E-state index contributed by atoms with van der Waals surface area (Å²) in [7, 11) is 0. The number of para-hydroxylation sites is 2. The number of nitrogens with zero attached hydrogens (tertiary/aromatic N) is 3. The van der Waals surface area contributed by atoms with E-state index in [0.29, 0.717) is 5.82 Å². The highest BCUT2D eigenvalue weighted by Gasteiger charge is 2.38. The molecule has 10 aromatic rings. The number of hydrogen-bond acceptors (Lipinski definition) is 3. The Balaban J connectivity index is 1.20. The van der Waals surface area contributed by atoms with Gasteiger partial charge in [0, 0.05) is 44.2 Å². The first-order chi connectivity index (χ1) is 26.0. The molecule has 0 radical (unpaired) electrons. The third-order valence-electron chi connectivity index (χ3n) is 11.2. The van der Waals surface area contributed by atoms with E-state index in [2.05, 4.69) is 152 Å². The van der Waals surface area contributed by atoms with Gasteiger partial charge in [-0.25, -0.2) is 9.97 Å². The van der Waals surface area contributed by atoms with Crippen LogP contribution in [-0.2, 0) is 5.41 Å². The van der Waals surface area contributed by atoms with Gasteiger partial charge in [0.25, 0.3) is 0 Å². The number of hydrogen-bond donors (Lipinski definition) is 0. The summed E-state index contributed by atoms with van der Waals surface area (Å²) < 4.78 is 8.67. The lowest BCUT2D eigenvalue weighted by molar-refractivity contribution is 0.666. The summed E-state index contributed by atoms with van der Waals surface area (Å²) in [6, 6.07) is 57.9. The predicted octanol–water partition coefficient (Wildman–Crippen LogP) is 12.8. The lowest BCUT2D eigenvalue weighted by atomic mass is 9.80. The molecule has 11 rings (SSSR count). The number of rotatable bonds is 4. The molecule has 0 aliphatic heterocycles. The van der Waals surface area contributed by atoms with Crippen molar-refractivity contribution in [2.24, 2.45) is 0 Å². The summed E-state index contributed by atoms with van der Waals surface area (Å²) in [5.74, 6) is 1.48. The fraction of sp³-hybridized carbons (Fsp3) is 0.0612. The molecular formula is C49H33N3O. The van der Waals surface area contributed by atoms with E-state index < -0.39 is 0 Å². The Hall–Kier alpha value is -6.78. The van der Waals surface area contributed by atoms with Crippen molar-refractivity contribution >= 4 is 43.7 Å². The van der Waals surface area contributed by atoms with Crippen LogP contribution in [0.5, 0.6) is 0 Å². The van der Waals surface area contributed by atoms with Gasteiger partial charge in [-0.2, -0.15) is 0 Å². The van der Waals surface area contributed by atoms with Crippen molar-refractivity contribution in [1.82, 2.24) is 14.5 Å². The molecule has 7 aromatic carbocycles. The quantitative estimate of drug-likeness (QED) is 0.186. The van der Waals surface area contributed by atoms with Crippen molar-refractivity contribution in [3.05, 3.63) is 175 Å². The zero-order valence-electron chi connectivity index (χ0n) is 29.3. The Morgan fingerprint density at radius 3 is 2.04 bits per heavy atom. The summed E-state index contributed by atoms with van der Waals surface area (Å²) in [5, 5.41) is 4.56. The first-order valence-electron chi connectivity index (χ1n) is 18.2. The van der Waals surface area contributed by atoms with Gasteiger partial charge in [-0.3, -0.25) is 4.57 Å². The number of fused-ring (bicyclic) bond motifs is 10. The minimum Gasteiger partial charge on any atom is -0.456 e. The Kier molecular flexibility index (Phi) is 6.27. The molecule has 0 atom stereocenters. The maximum Gasteiger partial charge on any atom is 0.162 e. The van der Waals surface area contributed by atoms with Gasteiger partial charge in [0.15, 0.2) is 5.82 Å². The molecule has 250 valence electrons. The fourth-order valence-electron chi connectivity index (χ4n) is 8.82. The summed E-state index contributed by atoms with van der Waals surface area (Å²) in [6.07, 6.45) is 0. The first kappa shape index (κ1) is 29.9. The fourth-order valence-corrected chi connectivity index (χ4v) is 8.82. The van der Waals surface area contributed by atoms with Crippen LogP contribution in [0.4, 0.5) is 0 Å². The van der Waals surface area contributed by atoms with Gasteiger partial charge in [-0.15, -0.1) is 0 Å². The van der Waals surface area contributed by atoms with Crippen LogP contribution in [0.25, 0.3) is 94.5 Å². The second-order valence-corrected chi connectivity index (χ2v) is 14.6. The standard InChI is InChI=1S/C49H33N3O/c1-49(2)38-19-9-6-15-33(38)34-27-28-41-46(47(34)49)35-16-7-10-20-40(35)52(41)44-29-39(32-25-23-31(24-26-32)30-13-4-3-5-14-30)50-48(51-44)37-18-12-22-43-45(37)36-17-8-11-21-42(36)53-43/h3-29H,1-2H3. The highest BCUT2D eigenvalue weighted by atomic mass is 16.3. The third kappa shape index (κ3) is 4.36. The van der Waals surface area contributed by atoms with Crippen LogP contribution in [-0.4, -0.2) is 14.5 Å². The molecule has 4 nitrogen and oxygen atoms in total. The highest BCUT2D eigenvalue weighted by Crippen LogP contribution is 2.53. The van der Waals surface area contributed by atoms with Gasteiger partial charge < -0.3 is 4.42 Å². The molecule has 0 bridgehead atoms. The summed E-state index contributed by atoms with van der Waals surface area (Å²) in [6.45, 7) is 4.72. The Bertz CT molecular complexity index is 3080. The zero-order valence-corrected chi connectivity index (χ0v) is 29.3. The topological polar surface area (TPSA) is 43.9 Å². The van der Waals surface area contributed by atoms with Crippen LogP contribution in [0.15, 0.2) is 168 Å². The number of benzene rings is 7. The Labute approximate surface area is 306 Å². The maximum absolute atomic E-state index is 6.33. The zero-order chi connectivity index (χ0) is 35.3. The average Bonchev–Trinajstić information content (AvgIpc) is 3.84. The van der Waals surface area contributed by atoms with Gasteiger partial charge in [-0.05, 0) is 57.6 Å². The van der Waals surface area contributed by atoms with Crippen molar-refractivity contribution in [2.75, 3.05) is 0 Å². The predicted molar refractivity (Wildman–Crippen MR) is 218 cm³/mol. The van der Waals surface area contributed by atoms with Crippen LogP contribution in [0, 0.1) is 0 Å². The average molecular weight is 680 g/mol. The van der Waals surface area contributed by atoms with Crippen molar-refractivity contribution in [3.63, 3.8) is 0 Å². The van der Waals surface area contributed by atoms with Crippen molar-refractivity contribution in [3.8, 4) is 50.7 Å². The van der Waals surface area contributed by atoms with Crippen LogP contribution in [0.2, 0.25) is 0 Å². The molecule has 1 aliphatic rings. The Morgan fingerprint density at radius 2 is 1.17 bits per heavy atom. The summed E-state index contributed by atoms with van der Waals surface area (Å²) in [5.41, 5.74) is 14.3. The monoisotopic (exact) mass is 679 g/mol. The normalized spacial score (nSPS) is 13.2. The van der Waals surface area contributed by atoms with E-state index in [0.717, 1.165) is 55.6 Å². The smallest absolute Gasteiger partial charge is 0.162 e. The lowest BCUT2D eigenvalue weighted by Crippen LogP contribution is -2.15. The van der Waals surface area contributed by atoms with Gasteiger partial charge in [-0.1, -0.05) is 147 Å². The van der Waals surface area contributed by atoms with Crippen molar-refractivity contribution in [2.45, 2.75) is 19.3 Å². The molecule has 1 aliphatic carbocycles. The molecule has 0 N–H and O–H groups in total. The number of furan rings is 1. The van der Waals surface area contributed by atoms with E-state index in [1.54, 1.807) is 0 Å². The van der Waals surface area contributed by atoms with Gasteiger partial charge in [0.1, 0.15) is 17.0 Å². The van der Waals surface area contributed by atoms with Crippen LogP contribution >= 0.6 is 0 Å². The van der Waals surface area contributed by atoms with Gasteiger partial charge in [0.2, 0.25) is 0 Å². The Morgan fingerprint density at radius 1 is 0.491 bits per heavy atom. The minimum atomic E-state index is -0.166. The first-order valence-corrected chi connectivity index (χ1v) is 18.2. The van der Waals surface area contributed by atoms with E-state index in [1.165, 1.54) is 44.2 Å². The molecule has 0 spiro atoms. The van der Waals surface area contributed by atoms with E-state index in [1.807, 2.05) is 30.3 Å². The molecule has 0 saturated carbocycles. The minimum absolute atomic E-state index is 0.166. The third-order valence-corrected chi connectivity index (χ3v) is 11.2. The number of aromatic nitrogens is 3. The highest BCUT2D eigenvalue weighted by molar-refractivity contribution is 6.15. The molecule has 3 aromatic heterocycles. The van der Waals surface area contributed by atoms with Crippen LogP contribution in [0.3, 0.4) is 0 Å². The molecule has 0 amide bonds. The molecule has 3 heterocycles. The maximum atomic E-state index is 6.33. The summed E-state index contributed by atoms with van der Waals surface area (Å²) in [4.78, 5) is 10.8. The van der Waals surface area contributed by atoms with Gasteiger partial charge in [0.05, 0.1) is 16.7 Å². The summed E-state index contributed by atoms with van der Waals surface area (Å²) >= 11 is 0. The molecule has 0 saturated heterocycles. The molecule has 53 heavy (non-hydrogen) atoms. The molecule has 4 heteroatoms. The largest absolute Gasteiger partial charge is 0.456 e. The lowest BCUT2D eigenvalue weighted by Gasteiger charge is -2.22. The molecule has 0 fully saturated rings. The van der Waals surface area contributed by atoms with E-state index in [-0.39, 0.29) is 5.41 Å². The van der Waals surface area contributed by atoms with Gasteiger partial charge >= 0.3 is 0 Å². The van der Waals surface area contributed by atoms with E-state index in [4.69, 9.17) is 14.4 Å². The SMILES string of the molecule is CC1(C)c2ccccc2-c2ccc3c(c21)c1ccccc1n3-c1cc(-c2ccc(-c3ccccc3)cc2)nc(-c2cccc3oc4ccccc4c23)n1. The second-order valence-electron chi connectivity index (χ2n) is 14.6. The van der Waals surface area contributed by atoms with Crippen molar-refractivity contribution in [1.29, 1.82) is 0 Å². The molecule has 0 unspecified atom stereocenters. The molecular weight excluding hydrogens is 647 g/mol.